The van der Waals surface area contributed by atoms with E-state index in [1.807, 2.05) is 6.08 Å². The van der Waals surface area contributed by atoms with Gasteiger partial charge in [-0.3, -0.25) is 9.35 Å². The Morgan fingerprint density at radius 1 is 0.510 bits per heavy atom. The number of amides is 1. The Morgan fingerprint density at radius 2 is 0.843 bits per heavy atom. The fourth-order valence-electron chi connectivity index (χ4n) is 6.52. The topological polar surface area (TPSA) is 104 Å². The minimum Gasteiger partial charge on any atom is -0.387 e. The van der Waals surface area contributed by atoms with Gasteiger partial charge < -0.3 is 10.4 Å². The smallest absolute Gasteiger partial charge is 0.267 e. The van der Waals surface area contributed by atoms with Crippen molar-refractivity contribution in [3.8, 4) is 0 Å². The number of aliphatic hydroxyl groups is 1. The number of rotatable bonds is 39. The third kappa shape index (κ3) is 39.6. The molecule has 0 saturated carbocycles. The largest absolute Gasteiger partial charge is 0.387 e. The summed E-state index contributed by atoms with van der Waals surface area (Å²) in [5.74, 6) is -1.00. The van der Waals surface area contributed by atoms with Crippen molar-refractivity contribution in [3.63, 3.8) is 0 Å². The van der Waals surface area contributed by atoms with Crippen LogP contribution in [0.1, 0.15) is 219 Å². The van der Waals surface area contributed by atoms with Gasteiger partial charge in [-0.2, -0.15) is 8.42 Å². The fraction of sp³-hybridized carbons (Fsp3) is 0.841. The number of aliphatic hydroxyl groups excluding tert-OH is 1. The number of unbranched alkanes of at least 4 members (excludes halogenated alkanes) is 27. The van der Waals surface area contributed by atoms with Crippen LogP contribution in [0.2, 0.25) is 0 Å². The molecule has 0 aromatic carbocycles. The maximum absolute atomic E-state index is 12.5. The van der Waals surface area contributed by atoms with Gasteiger partial charge in [0.1, 0.15) is 0 Å². The molecule has 300 valence electrons. The Hall–Kier alpha value is -1.44. The minimum atomic E-state index is -4.35. The Balaban J connectivity index is 3.94. The highest BCUT2D eigenvalue weighted by Gasteiger charge is 2.24. The molecular formula is C44H83NO5S. The van der Waals surface area contributed by atoms with E-state index in [2.05, 4.69) is 43.5 Å². The average molecular weight is 738 g/mol. The van der Waals surface area contributed by atoms with Gasteiger partial charge in [-0.25, -0.2) is 0 Å². The van der Waals surface area contributed by atoms with Gasteiger partial charge >= 0.3 is 0 Å². The fourth-order valence-corrected chi connectivity index (χ4v) is 7.25. The molecule has 3 N–H and O–H groups in total. The average Bonchev–Trinajstić information content (AvgIpc) is 3.09. The first-order valence-electron chi connectivity index (χ1n) is 21.7. The van der Waals surface area contributed by atoms with Crippen LogP contribution in [-0.4, -0.2) is 41.9 Å². The number of allylic oxidation sites excluding steroid dienone is 5. The Bertz CT molecular complexity index is 945. The van der Waals surface area contributed by atoms with Crippen molar-refractivity contribution in [2.75, 3.05) is 5.75 Å². The summed E-state index contributed by atoms with van der Waals surface area (Å²) < 4.78 is 32.5. The van der Waals surface area contributed by atoms with Crippen LogP contribution in [0.15, 0.2) is 36.5 Å². The minimum absolute atomic E-state index is 0.284. The van der Waals surface area contributed by atoms with Crippen LogP contribution >= 0.6 is 0 Å². The maximum Gasteiger partial charge on any atom is 0.267 e. The molecule has 0 saturated heterocycles. The molecule has 2 atom stereocenters. The molecule has 0 aromatic rings. The van der Waals surface area contributed by atoms with Crippen molar-refractivity contribution < 1.29 is 22.9 Å². The van der Waals surface area contributed by atoms with Crippen molar-refractivity contribution in [2.45, 2.75) is 231 Å². The lowest BCUT2D eigenvalue weighted by atomic mass is 10.0. The van der Waals surface area contributed by atoms with Gasteiger partial charge in [0.15, 0.2) is 0 Å². The first-order chi connectivity index (χ1) is 24.8. The highest BCUT2D eigenvalue weighted by Crippen LogP contribution is 2.14. The normalized spacial score (nSPS) is 13.6. The molecule has 0 spiro atoms. The predicted octanol–water partition coefficient (Wildman–Crippen LogP) is 12.9. The highest BCUT2D eigenvalue weighted by molar-refractivity contribution is 7.85. The van der Waals surface area contributed by atoms with Gasteiger partial charge in [0.2, 0.25) is 5.91 Å². The molecule has 0 aromatic heterocycles. The summed E-state index contributed by atoms with van der Waals surface area (Å²) in [5, 5.41) is 13.2. The molecule has 6 nitrogen and oxygen atoms in total. The van der Waals surface area contributed by atoms with Crippen LogP contribution < -0.4 is 5.32 Å². The zero-order chi connectivity index (χ0) is 37.5. The molecule has 0 aliphatic carbocycles. The molecular weight excluding hydrogens is 655 g/mol. The van der Waals surface area contributed by atoms with Crippen LogP contribution in [0.5, 0.6) is 0 Å². The van der Waals surface area contributed by atoms with E-state index in [-0.39, 0.29) is 12.3 Å². The quantitative estimate of drug-likeness (QED) is 0.0331. The van der Waals surface area contributed by atoms with E-state index in [4.69, 9.17) is 0 Å². The molecule has 0 fully saturated rings. The first-order valence-corrected chi connectivity index (χ1v) is 23.3. The van der Waals surface area contributed by atoms with Gasteiger partial charge in [-0.15, -0.1) is 0 Å². The Kier molecular flexibility index (Phi) is 37.2. The van der Waals surface area contributed by atoms with E-state index >= 15 is 0 Å². The third-order valence-electron chi connectivity index (χ3n) is 9.79. The molecule has 0 radical (unpaired) electrons. The summed E-state index contributed by atoms with van der Waals surface area (Å²) in [7, 11) is -4.35. The highest BCUT2D eigenvalue weighted by atomic mass is 32.2. The number of hydrogen-bond donors (Lipinski definition) is 3. The summed E-state index contributed by atoms with van der Waals surface area (Å²) >= 11 is 0. The van der Waals surface area contributed by atoms with Crippen LogP contribution in [-0.2, 0) is 14.9 Å². The molecule has 0 bridgehead atoms. The molecule has 7 heteroatoms. The van der Waals surface area contributed by atoms with E-state index in [9.17, 15) is 22.9 Å². The maximum atomic E-state index is 12.5. The second-order valence-electron chi connectivity index (χ2n) is 15.0. The molecule has 1 amide bonds. The summed E-state index contributed by atoms with van der Waals surface area (Å²) in [5.41, 5.74) is 0. The molecule has 0 heterocycles. The third-order valence-corrected chi connectivity index (χ3v) is 10.6. The second kappa shape index (κ2) is 38.3. The molecule has 0 aliphatic heterocycles. The number of carbonyl (C=O) groups is 1. The van der Waals surface area contributed by atoms with Gasteiger partial charge in [0.25, 0.3) is 10.1 Å². The zero-order valence-corrected chi connectivity index (χ0v) is 34.3. The standard InChI is InChI=1S/C44H83NO5S/c1-3-5-7-9-11-13-15-17-19-21-22-24-25-27-29-31-33-35-37-39-43(46)42(41-51(48,49)50)45-44(47)40-38-36-34-32-30-28-26-23-20-18-16-14-12-10-8-6-4-2/h18,20,29,31,37,39,42-43,46H,3-17,19,21-28,30,32-36,38,40-41H2,1-2H3,(H,45,47)(H,48,49,50)/b20-18-,31-29+,39-37+. The number of hydrogen-bond acceptors (Lipinski definition) is 4. The Labute approximate surface area is 316 Å². The van der Waals surface area contributed by atoms with Gasteiger partial charge in [-0.05, 0) is 57.8 Å². The van der Waals surface area contributed by atoms with E-state index in [0.717, 1.165) is 38.5 Å². The zero-order valence-electron chi connectivity index (χ0n) is 33.5. The first kappa shape index (κ1) is 49.6. The summed E-state index contributed by atoms with van der Waals surface area (Å²) in [6.07, 6.45) is 49.9. The molecule has 0 aliphatic rings. The summed E-state index contributed by atoms with van der Waals surface area (Å²) in [6, 6.07) is -1.07. The van der Waals surface area contributed by atoms with E-state index < -0.39 is 28.0 Å². The van der Waals surface area contributed by atoms with Crippen molar-refractivity contribution in [1.29, 1.82) is 0 Å². The van der Waals surface area contributed by atoms with Crippen LogP contribution in [0, 0.1) is 0 Å². The van der Waals surface area contributed by atoms with Gasteiger partial charge in [0.05, 0.1) is 17.9 Å². The van der Waals surface area contributed by atoms with Crippen molar-refractivity contribution >= 4 is 16.0 Å². The summed E-state index contributed by atoms with van der Waals surface area (Å²) in [6.45, 7) is 4.53. The monoisotopic (exact) mass is 738 g/mol. The van der Waals surface area contributed by atoms with Crippen molar-refractivity contribution in [3.05, 3.63) is 36.5 Å². The SMILES string of the molecule is CCCCCCCC/C=C\CCCCCCCCCC(=O)NC(CS(=O)(=O)O)C(O)/C=C/CC/C=C/CCCCCCCCCCCCCCC. The molecule has 0 rings (SSSR count). The lowest BCUT2D eigenvalue weighted by molar-refractivity contribution is -0.122. The molecule has 51 heavy (non-hydrogen) atoms. The number of nitrogens with one attached hydrogen (secondary N) is 1. The van der Waals surface area contributed by atoms with Crippen LogP contribution in [0.25, 0.3) is 0 Å². The Morgan fingerprint density at radius 3 is 1.24 bits per heavy atom. The van der Waals surface area contributed by atoms with Crippen molar-refractivity contribution in [2.24, 2.45) is 0 Å². The van der Waals surface area contributed by atoms with Crippen LogP contribution in [0.3, 0.4) is 0 Å². The molecule has 2 unspecified atom stereocenters. The van der Waals surface area contributed by atoms with E-state index in [1.165, 1.54) is 160 Å². The van der Waals surface area contributed by atoms with E-state index in [0.29, 0.717) is 6.42 Å². The number of carbonyl (C=O) groups excluding carboxylic acids is 1. The van der Waals surface area contributed by atoms with Crippen LogP contribution in [0.4, 0.5) is 0 Å². The second-order valence-corrected chi connectivity index (χ2v) is 16.5. The summed E-state index contributed by atoms with van der Waals surface area (Å²) in [4.78, 5) is 12.5. The van der Waals surface area contributed by atoms with Gasteiger partial charge in [0, 0.05) is 6.42 Å². The predicted molar refractivity (Wildman–Crippen MR) is 221 cm³/mol. The lowest BCUT2D eigenvalue weighted by Gasteiger charge is -2.21. The van der Waals surface area contributed by atoms with Gasteiger partial charge in [-0.1, -0.05) is 192 Å². The van der Waals surface area contributed by atoms with Crippen molar-refractivity contribution in [1.82, 2.24) is 5.32 Å². The van der Waals surface area contributed by atoms with E-state index in [1.54, 1.807) is 0 Å². The lowest BCUT2D eigenvalue weighted by Crippen LogP contribution is -2.46.